The summed E-state index contributed by atoms with van der Waals surface area (Å²) in [4.78, 5) is 26.1. The highest BCUT2D eigenvalue weighted by molar-refractivity contribution is 6.00. The van der Waals surface area contributed by atoms with Crippen LogP contribution in [0.5, 0.6) is 0 Å². The SMILES string of the molecule is Cc1cc(N(C)C)ccc1NC(=O)[C@@H](C)NC(=O)c1ccco1. The van der Waals surface area contributed by atoms with Gasteiger partial charge < -0.3 is 20.0 Å². The third-order valence-electron chi connectivity index (χ3n) is 3.47. The summed E-state index contributed by atoms with van der Waals surface area (Å²) in [6.45, 7) is 3.55. The zero-order chi connectivity index (χ0) is 17.0. The van der Waals surface area contributed by atoms with Crippen molar-refractivity contribution < 1.29 is 14.0 Å². The molecule has 0 bridgehead atoms. The van der Waals surface area contributed by atoms with Gasteiger partial charge in [0.2, 0.25) is 5.91 Å². The van der Waals surface area contributed by atoms with Gasteiger partial charge in [-0.3, -0.25) is 9.59 Å². The predicted octanol–water partition coefficient (Wildman–Crippen LogP) is 2.41. The number of carbonyl (C=O) groups excluding carboxylic acids is 2. The summed E-state index contributed by atoms with van der Waals surface area (Å²) >= 11 is 0. The topological polar surface area (TPSA) is 74.6 Å². The molecule has 0 unspecified atom stereocenters. The van der Waals surface area contributed by atoms with Crippen molar-refractivity contribution in [3.8, 4) is 0 Å². The number of hydrogen-bond donors (Lipinski definition) is 2. The molecule has 2 amide bonds. The fourth-order valence-corrected chi connectivity index (χ4v) is 2.05. The molecule has 2 rings (SSSR count). The normalized spacial score (nSPS) is 11.7. The predicted molar refractivity (Wildman–Crippen MR) is 89.8 cm³/mol. The van der Waals surface area contributed by atoms with E-state index in [0.29, 0.717) is 0 Å². The Hall–Kier alpha value is -2.76. The summed E-state index contributed by atoms with van der Waals surface area (Å²) in [7, 11) is 3.92. The molecule has 0 aliphatic heterocycles. The number of amides is 2. The number of anilines is 2. The van der Waals surface area contributed by atoms with Crippen LogP contribution in [0.15, 0.2) is 41.0 Å². The summed E-state index contributed by atoms with van der Waals surface area (Å²) in [6, 6.07) is 8.25. The standard InChI is InChI=1S/C17H21N3O3/c1-11-10-13(20(3)4)7-8-14(11)19-16(21)12(2)18-17(22)15-6-5-9-23-15/h5-10,12H,1-4H3,(H,18,22)(H,19,21)/t12-/m1/s1. The number of nitrogens with one attached hydrogen (secondary N) is 2. The molecular weight excluding hydrogens is 294 g/mol. The molecule has 1 heterocycles. The Morgan fingerprint density at radius 2 is 1.96 bits per heavy atom. The van der Waals surface area contributed by atoms with Crippen molar-refractivity contribution in [3.05, 3.63) is 47.9 Å². The Kier molecular flexibility index (Phi) is 5.05. The van der Waals surface area contributed by atoms with Crippen LogP contribution in [0.4, 0.5) is 11.4 Å². The van der Waals surface area contributed by atoms with Crippen LogP contribution >= 0.6 is 0 Å². The van der Waals surface area contributed by atoms with Gasteiger partial charge in [-0.25, -0.2) is 0 Å². The lowest BCUT2D eigenvalue weighted by atomic mass is 10.1. The van der Waals surface area contributed by atoms with E-state index in [4.69, 9.17) is 4.42 Å². The van der Waals surface area contributed by atoms with Crippen LogP contribution in [0.1, 0.15) is 23.0 Å². The van der Waals surface area contributed by atoms with E-state index in [1.807, 2.05) is 44.1 Å². The summed E-state index contributed by atoms with van der Waals surface area (Å²) in [5.74, 6) is -0.529. The average Bonchev–Trinajstić information content (AvgIpc) is 3.03. The van der Waals surface area contributed by atoms with Crippen molar-refractivity contribution in [2.45, 2.75) is 19.9 Å². The van der Waals surface area contributed by atoms with Crippen LogP contribution < -0.4 is 15.5 Å². The van der Waals surface area contributed by atoms with Gasteiger partial charge in [0.25, 0.3) is 5.91 Å². The smallest absolute Gasteiger partial charge is 0.287 e. The molecule has 0 saturated carbocycles. The molecule has 0 aliphatic carbocycles. The highest BCUT2D eigenvalue weighted by atomic mass is 16.3. The van der Waals surface area contributed by atoms with E-state index in [2.05, 4.69) is 10.6 Å². The largest absolute Gasteiger partial charge is 0.459 e. The Morgan fingerprint density at radius 1 is 1.22 bits per heavy atom. The third kappa shape index (κ3) is 4.12. The fraction of sp³-hybridized carbons (Fsp3) is 0.294. The number of carbonyl (C=O) groups is 2. The Labute approximate surface area is 135 Å². The van der Waals surface area contributed by atoms with Gasteiger partial charge in [-0.2, -0.15) is 0 Å². The Morgan fingerprint density at radius 3 is 2.52 bits per heavy atom. The molecule has 1 aromatic carbocycles. The van der Waals surface area contributed by atoms with E-state index in [0.717, 1.165) is 16.9 Å². The van der Waals surface area contributed by atoms with E-state index in [1.165, 1.54) is 6.26 Å². The molecule has 1 aromatic heterocycles. The summed E-state index contributed by atoms with van der Waals surface area (Å²) in [5, 5.41) is 5.42. The average molecular weight is 315 g/mol. The maximum absolute atomic E-state index is 12.2. The van der Waals surface area contributed by atoms with Gasteiger partial charge in [0.1, 0.15) is 6.04 Å². The maximum atomic E-state index is 12.2. The zero-order valence-electron chi connectivity index (χ0n) is 13.7. The van der Waals surface area contributed by atoms with Crippen LogP contribution in [-0.2, 0) is 4.79 Å². The van der Waals surface area contributed by atoms with Crippen molar-refractivity contribution in [1.29, 1.82) is 0 Å². The van der Waals surface area contributed by atoms with Gasteiger partial charge in [-0.15, -0.1) is 0 Å². The lowest BCUT2D eigenvalue weighted by Gasteiger charge is -2.17. The quantitative estimate of drug-likeness (QED) is 0.888. The molecule has 0 aliphatic rings. The van der Waals surface area contributed by atoms with Gasteiger partial charge in [-0.05, 0) is 49.7 Å². The minimum atomic E-state index is -0.680. The molecule has 0 spiro atoms. The molecule has 2 N–H and O–H groups in total. The van der Waals surface area contributed by atoms with Crippen LogP contribution in [0.2, 0.25) is 0 Å². The van der Waals surface area contributed by atoms with Gasteiger partial charge >= 0.3 is 0 Å². The maximum Gasteiger partial charge on any atom is 0.287 e. The molecule has 1 atom stereocenters. The summed E-state index contributed by atoms with van der Waals surface area (Å²) in [5.41, 5.74) is 2.73. The minimum Gasteiger partial charge on any atom is -0.459 e. The van der Waals surface area contributed by atoms with Crippen molar-refractivity contribution >= 4 is 23.2 Å². The molecule has 2 aromatic rings. The molecular formula is C17H21N3O3. The number of benzene rings is 1. The first-order valence-corrected chi connectivity index (χ1v) is 7.31. The van der Waals surface area contributed by atoms with E-state index >= 15 is 0 Å². The second-order valence-electron chi connectivity index (χ2n) is 5.56. The number of hydrogen-bond acceptors (Lipinski definition) is 4. The van der Waals surface area contributed by atoms with Gasteiger partial charge in [0, 0.05) is 25.5 Å². The molecule has 0 radical (unpaired) electrons. The second kappa shape index (κ2) is 7.00. The van der Waals surface area contributed by atoms with Gasteiger partial charge in [0.15, 0.2) is 5.76 Å². The van der Waals surface area contributed by atoms with Crippen LogP contribution in [0.3, 0.4) is 0 Å². The van der Waals surface area contributed by atoms with Gasteiger partial charge in [-0.1, -0.05) is 0 Å². The van der Waals surface area contributed by atoms with Crippen molar-refractivity contribution in [1.82, 2.24) is 5.32 Å². The third-order valence-corrected chi connectivity index (χ3v) is 3.47. The zero-order valence-corrected chi connectivity index (χ0v) is 13.7. The summed E-state index contributed by atoms with van der Waals surface area (Å²) in [6.07, 6.45) is 1.41. The molecule has 23 heavy (non-hydrogen) atoms. The second-order valence-corrected chi connectivity index (χ2v) is 5.56. The molecule has 6 nitrogen and oxygen atoms in total. The number of aryl methyl sites for hydroxylation is 1. The minimum absolute atomic E-state index is 0.177. The fourth-order valence-electron chi connectivity index (χ4n) is 2.05. The lowest BCUT2D eigenvalue weighted by Crippen LogP contribution is -2.41. The van der Waals surface area contributed by atoms with Crippen molar-refractivity contribution in [2.24, 2.45) is 0 Å². The van der Waals surface area contributed by atoms with E-state index in [1.54, 1.807) is 19.1 Å². The van der Waals surface area contributed by atoms with E-state index < -0.39 is 11.9 Å². The number of rotatable bonds is 5. The first-order valence-electron chi connectivity index (χ1n) is 7.31. The lowest BCUT2D eigenvalue weighted by molar-refractivity contribution is -0.117. The van der Waals surface area contributed by atoms with E-state index in [9.17, 15) is 9.59 Å². The van der Waals surface area contributed by atoms with E-state index in [-0.39, 0.29) is 11.7 Å². The van der Waals surface area contributed by atoms with Crippen LogP contribution in [0.25, 0.3) is 0 Å². The molecule has 0 fully saturated rings. The highest BCUT2D eigenvalue weighted by Crippen LogP contribution is 2.21. The van der Waals surface area contributed by atoms with Crippen molar-refractivity contribution in [2.75, 3.05) is 24.3 Å². The highest BCUT2D eigenvalue weighted by Gasteiger charge is 2.18. The molecule has 122 valence electrons. The van der Waals surface area contributed by atoms with Crippen LogP contribution in [-0.4, -0.2) is 32.0 Å². The monoisotopic (exact) mass is 315 g/mol. The molecule has 6 heteroatoms. The number of furan rings is 1. The van der Waals surface area contributed by atoms with Crippen LogP contribution in [0, 0.1) is 6.92 Å². The first kappa shape index (κ1) is 16.6. The molecule has 0 saturated heterocycles. The first-order chi connectivity index (χ1) is 10.9. The number of nitrogens with zero attached hydrogens (tertiary/aromatic N) is 1. The summed E-state index contributed by atoms with van der Waals surface area (Å²) < 4.78 is 5.00. The Bertz CT molecular complexity index is 693. The van der Waals surface area contributed by atoms with Crippen molar-refractivity contribution in [3.63, 3.8) is 0 Å². The Balaban J connectivity index is 1.99. The van der Waals surface area contributed by atoms with Gasteiger partial charge in [0.05, 0.1) is 6.26 Å².